The van der Waals surface area contributed by atoms with Gasteiger partial charge in [-0.1, -0.05) is 19.0 Å². The summed E-state index contributed by atoms with van der Waals surface area (Å²) in [5, 5.41) is 13.2. The van der Waals surface area contributed by atoms with Gasteiger partial charge in [0.1, 0.15) is 0 Å². The largest absolute Gasteiger partial charge is 0.393 e. The summed E-state index contributed by atoms with van der Waals surface area (Å²) < 4.78 is 5.23. The highest BCUT2D eigenvalue weighted by Gasteiger charge is 2.32. The molecule has 1 N–H and O–H groups in total. The Hall–Kier alpha value is -0.940. The minimum atomic E-state index is -0.175. The van der Waals surface area contributed by atoms with Gasteiger partial charge in [-0.3, -0.25) is 0 Å². The van der Waals surface area contributed by atoms with E-state index in [1.54, 1.807) is 0 Å². The molecule has 2 rings (SSSR count). The summed E-state index contributed by atoms with van der Waals surface area (Å²) in [7, 11) is 0. The van der Waals surface area contributed by atoms with Gasteiger partial charge in [0.05, 0.1) is 6.10 Å². The van der Waals surface area contributed by atoms with Crippen LogP contribution in [-0.2, 0) is 6.42 Å². The van der Waals surface area contributed by atoms with Gasteiger partial charge in [-0.05, 0) is 25.9 Å². The molecule has 1 aliphatic carbocycles. The van der Waals surface area contributed by atoms with Crippen LogP contribution in [-0.4, -0.2) is 45.9 Å². The van der Waals surface area contributed by atoms with E-state index < -0.39 is 0 Å². The van der Waals surface area contributed by atoms with Gasteiger partial charge < -0.3 is 14.5 Å². The fraction of sp³-hybridized carbons (Fsp3) is 0.833. The number of aromatic nitrogens is 2. The number of aliphatic hydroxyl groups is 1. The van der Waals surface area contributed by atoms with Crippen LogP contribution < -0.4 is 0 Å². The average Bonchev–Trinajstić information content (AvgIpc) is 2.75. The first kappa shape index (κ1) is 12.5. The Bertz CT molecular complexity index is 343. The fourth-order valence-electron chi connectivity index (χ4n) is 2.12. The standard InChI is InChI=1S/C12H21N3O2/c1-3-15(4-2)6-5-11-13-12(17-14-11)9-7-10(16)8-9/h9-10,16H,3-8H2,1-2H3. The van der Waals surface area contributed by atoms with Gasteiger partial charge in [-0.2, -0.15) is 4.98 Å². The number of hydrogen-bond donors (Lipinski definition) is 1. The van der Waals surface area contributed by atoms with Crippen molar-refractivity contribution < 1.29 is 9.63 Å². The van der Waals surface area contributed by atoms with Gasteiger partial charge in [-0.25, -0.2) is 0 Å². The maximum atomic E-state index is 9.23. The van der Waals surface area contributed by atoms with Gasteiger partial charge in [0.2, 0.25) is 5.89 Å². The highest BCUT2D eigenvalue weighted by atomic mass is 16.5. The van der Waals surface area contributed by atoms with Crippen molar-refractivity contribution in [1.29, 1.82) is 0 Å². The van der Waals surface area contributed by atoms with Crippen molar-refractivity contribution in [3.63, 3.8) is 0 Å². The second-order valence-electron chi connectivity index (χ2n) is 4.65. The molecule has 1 heterocycles. The van der Waals surface area contributed by atoms with Crippen molar-refractivity contribution in [1.82, 2.24) is 15.0 Å². The number of hydrogen-bond acceptors (Lipinski definition) is 5. The van der Waals surface area contributed by atoms with Crippen molar-refractivity contribution >= 4 is 0 Å². The van der Waals surface area contributed by atoms with Crippen LogP contribution in [0.1, 0.15) is 44.3 Å². The molecule has 5 heteroatoms. The third-order valence-electron chi connectivity index (χ3n) is 3.49. The lowest BCUT2D eigenvalue weighted by atomic mass is 9.82. The highest BCUT2D eigenvalue weighted by molar-refractivity contribution is 5.01. The minimum absolute atomic E-state index is 0.175. The highest BCUT2D eigenvalue weighted by Crippen LogP contribution is 2.35. The summed E-state index contributed by atoms with van der Waals surface area (Å²) in [6.45, 7) is 7.38. The topological polar surface area (TPSA) is 62.4 Å². The number of aliphatic hydroxyl groups excluding tert-OH is 1. The SMILES string of the molecule is CCN(CC)CCc1noc(C2CC(O)C2)n1. The minimum Gasteiger partial charge on any atom is -0.393 e. The molecule has 0 atom stereocenters. The summed E-state index contributed by atoms with van der Waals surface area (Å²) in [5.41, 5.74) is 0. The van der Waals surface area contributed by atoms with Crippen molar-refractivity contribution in [3.05, 3.63) is 11.7 Å². The van der Waals surface area contributed by atoms with Crippen LogP contribution in [0, 0.1) is 0 Å². The Morgan fingerprint density at radius 2 is 2.06 bits per heavy atom. The monoisotopic (exact) mass is 239 g/mol. The first-order chi connectivity index (χ1) is 8.22. The summed E-state index contributed by atoms with van der Waals surface area (Å²) in [5.74, 6) is 1.76. The number of likely N-dealkylation sites (N-methyl/N-ethyl adjacent to an activating group) is 1. The quantitative estimate of drug-likeness (QED) is 0.808. The summed E-state index contributed by atoms with van der Waals surface area (Å²) in [6, 6.07) is 0. The molecular weight excluding hydrogens is 218 g/mol. The third kappa shape index (κ3) is 3.04. The van der Waals surface area contributed by atoms with Crippen LogP contribution in [0.25, 0.3) is 0 Å². The molecule has 0 aromatic carbocycles. The zero-order chi connectivity index (χ0) is 12.3. The molecule has 5 nitrogen and oxygen atoms in total. The van der Waals surface area contributed by atoms with Gasteiger partial charge in [0, 0.05) is 18.9 Å². The predicted molar refractivity (Wildman–Crippen MR) is 63.8 cm³/mol. The van der Waals surface area contributed by atoms with Gasteiger partial charge in [0.15, 0.2) is 5.82 Å². The Balaban J connectivity index is 1.82. The normalized spacial score (nSPS) is 24.0. The van der Waals surface area contributed by atoms with Crippen LogP contribution in [0.3, 0.4) is 0 Å². The van der Waals surface area contributed by atoms with Crippen LogP contribution in [0.4, 0.5) is 0 Å². The summed E-state index contributed by atoms with van der Waals surface area (Å²) >= 11 is 0. The fourth-order valence-corrected chi connectivity index (χ4v) is 2.12. The van der Waals surface area contributed by atoms with E-state index >= 15 is 0 Å². The van der Waals surface area contributed by atoms with Crippen molar-refractivity contribution in [2.24, 2.45) is 0 Å². The molecule has 1 aromatic heterocycles. The maximum absolute atomic E-state index is 9.23. The lowest BCUT2D eigenvalue weighted by Gasteiger charge is -2.27. The van der Waals surface area contributed by atoms with Crippen LogP contribution in [0.15, 0.2) is 4.52 Å². The van der Waals surface area contributed by atoms with Gasteiger partial charge in [-0.15, -0.1) is 0 Å². The molecule has 1 saturated carbocycles. The lowest BCUT2D eigenvalue weighted by Crippen LogP contribution is -2.27. The molecule has 1 aliphatic rings. The molecule has 0 aliphatic heterocycles. The Kier molecular flexibility index (Phi) is 4.12. The Morgan fingerprint density at radius 3 is 2.65 bits per heavy atom. The Labute approximate surface area is 102 Å². The molecule has 0 spiro atoms. The molecule has 17 heavy (non-hydrogen) atoms. The van der Waals surface area contributed by atoms with Crippen LogP contribution in [0.2, 0.25) is 0 Å². The zero-order valence-corrected chi connectivity index (χ0v) is 10.6. The second kappa shape index (κ2) is 5.60. The van der Waals surface area contributed by atoms with E-state index in [4.69, 9.17) is 4.52 Å². The third-order valence-corrected chi connectivity index (χ3v) is 3.49. The molecule has 96 valence electrons. The molecule has 0 bridgehead atoms. The molecule has 0 radical (unpaired) electrons. The number of nitrogens with zero attached hydrogens (tertiary/aromatic N) is 3. The van der Waals surface area contributed by atoms with E-state index in [0.29, 0.717) is 5.89 Å². The van der Waals surface area contributed by atoms with E-state index in [2.05, 4.69) is 28.9 Å². The Morgan fingerprint density at radius 1 is 1.35 bits per heavy atom. The van der Waals surface area contributed by atoms with Crippen molar-refractivity contribution in [3.8, 4) is 0 Å². The molecule has 1 fully saturated rings. The van der Waals surface area contributed by atoms with E-state index in [1.807, 2.05) is 0 Å². The maximum Gasteiger partial charge on any atom is 0.229 e. The predicted octanol–water partition coefficient (Wildman–Crippen LogP) is 1.19. The average molecular weight is 239 g/mol. The van der Waals surface area contributed by atoms with Gasteiger partial charge in [0.25, 0.3) is 0 Å². The molecule has 1 aromatic rings. The first-order valence-corrected chi connectivity index (χ1v) is 6.45. The van der Waals surface area contributed by atoms with Crippen molar-refractivity contribution in [2.75, 3.05) is 19.6 Å². The van der Waals surface area contributed by atoms with Gasteiger partial charge >= 0.3 is 0 Å². The van der Waals surface area contributed by atoms with E-state index in [1.165, 1.54) is 0 Å². The summed E-state index contributed by atoms with van der Waals surface area (Å²) in [6.07, 6.45) is 2.18. The lowest BCUT2D eigenvalue weighted by molar-refractivity contribution is 0.0625. The van der Waals surface area contributed by atoms with E-state index in [0.717, 1.165) is 44.7 Å². The van der Waals surface area contributed by atoms with Crippen LogP contribution in [0.5, 0.6) is 0 Å². The molecule has 0 saturated heterocycles. The smallest absolute Gasteiger partial charge is 0.229 e. The number of rotatable bonds is 6. The van der Waals surface area contributed by atoms with E-state index in [-0.39, 0.29) is 12.0 Å². The molecular formula is C12H21N3O2. The molecule has 0 unspecified atom stereocenters. The zero-order valence-electron chi connectivity index (χ0n) is 10.6. The van der Waals surface area contributed by atoms with Crippen molar-refractivity contribution in [2.45, 2.75) is 45.1 Å². The second-order valence-corrected chi connectivity index (χ2v) is 4.65. The molecule has 0 amide bonds. The van der Waals surface area contributed by atoms with E-state index in [9.17, 15) is 5.11 Å². The first-order valence-electron chi connectivity index (χ1n) is 6.45. The summed E-state index contributed by atoms with van der Waals surface area (Å²) in [4.78, 5) is 6.73. The van der Waals surface area contributed by atoms with Crippen LogP contribution >= 0.6 is 0 Å².